The molecule has 7 atom stereocenters. The second-order valence-corrected chi connectivity index (χ2v) is 10.4. The van der Waals surface area contributed by atoms with Crippen LogP contribution in [0.5, 0.6) is 0 Å². The molecule has 8 nitrogen and oxygen atoms in total. The number of Topliss-reactive ketones (excluding diaryl/α,β-unsaturated/α-hetero) is 1. The number of furan rings is 1. The van der Waals surface area contributed by atoms with Gasteiger partial charge in [-0.25, -0.2) is 0 Å². The third kappa shape index (κ3) is 2.82. The summed E-state index contributed by atoms with van der Waals surface area (Å²) in [5.41, 5.74) is 1.23. The highest BCUT2D eigenvalue weighted by atomic mass is 16.5. The van der Waals surface area contributed by atoms with Gasteiger partial charge in [-0.05, 0) is 30.2 Å². The van der Waals surface area contributed by atoms with Crippen molar-refractivity contribution in [1.82, 2.24) is 15.2 Å². The lowest BCUT2D eigenvalue weighted by Crippen LogP contribution is -2.55. The van der Waals surface area contributed by atoms with Gasteiger partial charge in [-0.3, -0.25) is 14.4 Å². The topological polar surface area (TPSA) is 105 Å². The molecule has 2 amide bonds. The highest BCUT2D eigenvalue weighted by Crippen LogP contribution is 2.59. The van der Waals surface area contributed by atoms with E-state index < -0.39 is 41.5 Å². The maximum Gasteiger partial charge on any atom is 0.230 e. The number of amides is 2. The summed E-state index contributed by atoms with van der Waals surface area (Å²) in [4.78, 5) is 45.5. The standard InChI is InChI=1S/C28H27N3O5/c1-15-20(32)13-19(21-7-4-12-35-21)31-25(15)28-10-8-22(36-28)23(24(28)27(31)34)26(33)29-11-9-16-14-30-18-6-3-2-5-17(16)18/h2-8,10,12,14-15,19,22-25,30H,9,11,13H2,1H3,(H,29,33)/t15?,19?,22-,23?,24-,25?,28-/m0/s1. The minimum Gasteiger partial charge on any atom is -0.467 e. The Morgan fingerprint density at radius 3 is 2.92 bits per heavy atom. The minimum atomic E-state index is -0.971. The molecule has 8 heteroatoms. The van der Waals surface area contributed by atoms with Gasteiger partial charge in [-0.2, -0.15) is 0 Å². The smallest absolute Gasteiger partial charge is 0.230 e. The number of benzene rings is 1. The van der Waals surface area contributed by atoms with E-state index in [1.165, 1.54) is 0 Å². The maximum atomic E-state index is 14.0. The molecule has 3 fully saturated rings. The van der Waals surface area contributed by atoms with E-state index in [9.17, 15) is 14.4 Å². The summed E-state index contributed by atoms with van der Waals surface area (Å²) in [6.45, 7) is 2.32. The van der Waals surface area contributed by atoms with Crippen molar-refractivity contribution in [2.75, 3.05) is 6.54 Å². The molecule has 1 aromatic carbocycles. The van der Waals surface area contributed by atoms with Crippen molar-refractivity contribution in [2.24, 2.45) is 17.8 Å². The first-order valence-corrected chi connectivity index (χ1v) is 12.6. The number of ketones is 1. The highest BCUT2D eigenvalue weighted by Gasteiger charge is 2.74. The number of carbonyl (C=O) groups excluding carboxylic acids is 3. The number of ether oxygens (including phenoxy) is 1. The molecule has 36 heavy (non-hydrogen) atoms. The first-order chi connectivity index (χ1) is 17.5. The van der Waals surface area contributed by atoms with E-state index in [2.05, 4.69) is 16.4 Å². The molecule has 2 aromatic heterocycles. The van der Waals surface area contributed by atoms with Crippen LogP contribution in [0, 0.1) is 17.8 Å². The van der Waals surface area contributed by atoms with Gasteiger partial charge in [0.15, 0.2) is 0 Å². The second-order valence-electron chi connectivity index (χ2n) is 10.4. The lowest BCUT2D eigenvalue weighted by atomic mass is 9.70. The van der Waals surface area contributed by atoms with Gasteiger partial charge < -0.3 is 24.4 Å². The van der Waals surface area contributed by atoms with Crippen molar-refractivity contribution in [3.63, 3.8) is 0 Å². The Kier molecular flexibility index (Phi) is 4.61. The predicted octanol–water partition coefficient (Wildman–Crippen LogP) is 2.92. The normalized spacial score (nSPS) is 34.4. The number of aromatic nitrogens is 1. The molecule has 2 N–H and O–H groups in total. The number of nitrogens with one attached hydrogen (secondary N) is 2. The molecule has 1 spiro atoms. The Balaban J connectivity index is 1.15. The van der Waals surface area contributed by atoms with E-state index >= 15 is 0 Å². The summed E-state index contributed by atoms with van der Waals surface area (Å²) >= 11 is 0. The number of H-pyrrole nitrogens is 1. The van der Waals surface area contributed by atoms with Gasteiger partial charge in [0.05, 0.1) is 36.3 Å². The third-order valence-electron chi connectivity index (χ3n) is 8.62. The molecule has 2 bridgehead atoms. The van der Waals surface area contributed by atoms with Gasteiger partial charge in [-0.1, -0.05) is 37.3 Å². The number of hydrogen-bond donors (Lipinski definition) is 2. The Hall–Kier alpha value is -3.65. The molecule has 0 radical (unpaired) electrons. The van der Waals surface area contributed by atoms with Crippen molar-refractivity contribution < 1.29 is 23.5 Å². The number of para-hydroxylation sites is 1. The van der Waals surface area contributed by atoms with Crippen LogP contribution in [0.1, 0.15) is 30.7 Å². The van der Waals surface area contributed by atoms with Crippen molar-refractivity contribution in [3.8, 4) is 0 Å². The number of fused-ring (bicyclic) bond motifs is 3. The average molecular weight is 486 g/mol. The second kappa shape index (κ2) is 7.67. The molecule has 0 saturated carbocycles. The third-order valence-corrected chi connectivity index (χ3v) is 8.62. The van der Waals surface area contributed by atoms with Gasteiger partial charge in [-0.15, -0.1) is 0 Å². The molecule has 4 aliphatic heterocycles. The summed E-state index contributed by atoms with van der Waals surface area (Å²) in [6.07, 6.45) is 7.75. The monoisotopic (exact) mass is 485 g/mol. The first-order valence-electron chi connectivity index (χ1n) is 12.6. The number of piperidine rings is 1. The Bertz CT molecular complexity index is 1410. The summed E-state index contributed by atoms with van der Waals surface area (Å²) in [6, 6.07) is 10.7. The molecular weight excluding hydrogens is 458 g/mol. The molecule has 3 aromatic rings. The summed E-state index contributed by atoms with van der Waals surface area (Å²) < 4.78 is 12.0. The Morgan fingerprint density at radius 1 is 1.22 bits per heavy atom. The zero-order valence-corrected chi connectivity index (χ0v) is 19.8. The predicted molar refractivity (Wildman–Crippen MR) is 130 cm³/mol. The lowest BCUT2D eigenvalue weighted by molar-refractivity contribution is -0.148. The molecule has 184 valence electrons. The largest absolute Gasteiger partial charge is 0.467 e. The van der Waals surface area contributed by atoms with Gasteiger partial charge in [0, 0.05) is 36.0 Å². The fraction of sp³-hybridized carbons (Fsp3) is 0.393. The maximum absolute atomic E-state index is 14.0. The summed E-state index contributed by atoms with van der Waals surface area (Å²) in [7, 11) is 0. The Morgan fingerprint density at radius 2 is 2.08 bits per heavy atom. The van der Waals surface area contributed by atoms with Crippen LogP contribution in [0.15, 0.2) is 65.4 Å². The van der Waals surface area contributed by atoms with Crippen LogP contribution in [-0.4, -0.2) is 51.8 Å². The number of nitrogens with zero attached hydrogens (tertiary/aromatic N) is 1. The van der Waals surface area contributed by atoms with Crippen molar-refractivity contribution in [3.05, 3.63) is 72.3 Å². The molecule has 7 rings (SSSR count). The molecule has 0 aliphatic carbocycles. The van der Waals surface area contributed by atoms with Crippen molar-refractivity contribution in [2.45, 2.75) is 43.6 Å². The summed E-state index contributed by atoms with van der Waals surface area (Å²) in [5.74, 6) is -1.33. The van der Waals surface area contributed by atoms with Gasteiger partial charge in [0.25, 0.3) is 0 Å². The van der Waals surface area contributed by atoms with Gasteiger partial charge in [0.1, 0.15) is 17.1 Å². The van der Waals surface area contributed by atoms with Gasteiger partial charge in [0.2, 0.25) is 11.8 Å². The SMILES string of the molecule is CC1C(=O)CC(c2ccco2)N2C(=O)[C@@H]3C(C(=O)NCCc4c[nH]c5ccccc45)[C@@H]4C=C[C@@]3(O4)C12. The molecular formula is C28H27N3O5. The van der Waals surface area contributed by atoms with E-state index in [1.54, 1.807) is 23.3 Å². The number of carbonyl (C=O) groups is 3. The van der Waals surface area contributed by atoms with Crippen molar-refractivity contribution in [1.29, 1.82) is 0 Å². The van der Waals surface area contributed by atoms with Crippen LogP contribution in [0.4, 0.5) is 0 Å². The van der Waals surface area contributed by atoms with E-state index in [0.29, 0.717) is 18.7 Å². The van der Waals surface area contributed by atoms with E-state index in [-0.39, 0.29) is 24.0 Å². The van der Waals surface area contributed by atoms with Gasteiger partial charge >= 0.3 is 0 Å². The lowest BCUT2D eigenvalue weighted by Gasteiger charge is -2.43. The fourth-order valence-electron chi connectivity index (χ4n) is 7.04. The van der Waals surface area contributed by atoms with Crippen LogP contribution < -0.4 is 5.32 Å². The summed E-state index contributed by atoms with van der Waals surface area (Å²) in [5, 5.41) is 4.20. The molecule has 4 unspecified atom stereocenters. The average Bonchev–Trinajstić information content (AvgIpc) is 3.69. The molecule has 3 saturated heterocycles. The zero-order chi connectivity index (χ0) is 24.6. The van der Waals surface area contributed by atoms with Crippen LogP contribution in [0.3, 0.4) is 0 Å². The number of rotatable bonds is 5. The Labute approximate surface area is 207 Å². The van der Waals surface area contributed by atoms with Crippen LogP contribution in [0.25, 0.3) is 10.9 Å². The minimum absolute atomic E-state index is 0.0764. The molecule has 6 heterocycles. The van der Waals surface area contributed by atoms with E-state index in [0.717, 1.165) is 16.5 Å². The zero-order valence-electron chi connectivity index (χ0n) is 19.8. The first kappa shape index (κ1) is 21.6. The van der Waals surface area contributed by atoms with Crippen LogP contribution in [0.2, 0.25) is 0 Å². The number of hydrogen-bond acceptors (Lipinski definition) is 5. The highest BCUT2D eigenvalue weighted by molar-refractivity contribution is 5.96. The van der Waals surface area contributed by atoms with Crippen LogP contribution >= 0.6 is 0 Å². The van der Waals surface area contributed by atoms with Crippen molar-refractivity contribution >= 4 is 28.5 Å². The fourth-order valence-corrected chi connectivity index (χ4v) is 7.04. The van der Waals surface area contributed by atoms with E-state index in [1.807, 2.05) is 43.5 Å². The molecule has 4 aliphatic rings. The van der Waals surface area contributed by atoms with E-state index in [4.69, 9.17) is 9.15 Å². The number of aromatic amines is 1. The van der Waals surface area contributed by atoms with Crippen LogP contribution in [-0.2, 0) is 25.5 Å². The quantitative estimate of drug-likeness (QED) is 0.541.